The van der Waals surface area contributed by atoms with Crippen LogP contribution in [0.4, 0.5) is 8.78 Å². The first-order valence-corrected chi connectivity index (χ1v) is 10.1. The summed E-state index contributed by atoms with van der Waals surface area (Å²) in [6, 6.07) is 18.3. The molecule has 4 rings (SSSR count). The van der Waals surface area contributed by atoms with E-state index in [4.69, 9.17) is 4.74 Å². The maximum atomic E-state index is 13.5. The number of rotatable bonds is 6. The second-order valence-electron chi connectivity index (χ2n) is 7.65. The first-order chi connectivity index (χ1) is 14.5. The highest BCUT2D eigenvalue weighted by molar-refractivity contribution is 5.86. The molecule has 1 saturated heterocycles. The van der Waals surface area contributed by atoms with Crippen LogP contribution in [0.5, 0.6) is 0 Å². The molecule has 1 heterocycles. The van der Waals surface area contributed by atoms with Gasteiger partial charge in [0.25, 0.3) is 0 Å². The van der Waals surface area contributed by atoms with Gasteiger partial charge in [-0.2, -0.15) is 0 Å². The fraction of sp³-hybridized carbons (Fsp3) is 0.292. The Labute approximate surface area is 186 Å². The Hall–Kier alpha value is -2.54. The second kappa shape index (κ2) is 10.2. The van der Waals surface area contributed by atoms with Crippen LogP contribution < -0.4 is 5.32 Å². The van der Waals surface area contributed by atoms with Crippen LogP contribution in [0.15, 0.2) is 60.7 Å². The zero-order chi connectivity index (χ0) is 21.1. The van der Waals surface area contributed by atoms with E-state index in [1.54, 1.807) is 4.90 Å². The SMILES string of the molecule is C[C@@H](NCC1CN(Cc2ccc(F)c(F)c2)C(=O)CO1)c1cccc2ccccc12.Cl. The number of fused-ring (bicyclic) bond motifs is 1. The van der Waals surface area contributed by atoms with E-state index >= 15 is 0 Å². The fourth-order valence-electron chi connectivity index (χ4n) is 3.86. The normalized spacial score (nSPS) is 17.5. The number of amides is 1. The maximum absolute atomic E-state index is 13.5. The molecule has 3 aromatic rings. The third-order valence-corrected chi connectivity index (χ3v) is 5.52. The molecular weight excluding hydrogens is 422 g/mol. The molecule has 1 N–H and O–H groups in total. The number of hydrogen-bond acceptors (Lipinski definition) is 3. The summed E-state index contributed by atoms with van der Waals surface area (Å²) in [5, 5.41) is 5.91. The van der Waals surface area contributed by atoms with Crippen molar-refractivity contribution in [2.45, 2.75) is 25.6 Å². The van der Waals surface area contributed by atoms with Crippen LogP contribution in [-0.2, 0) is 16.1 Å². The number of carbonyl (C=O) groups excluding carboxylic acids is 1. The predicted octanol–water partition coefficient (Wildman–Crippen LogP) is 4.62. The van der Waals surface area contributed by atoms with Crippen LogP contribution in [0, 0.1) is 11.6 Å². The van der Waals surface area contributed by atoms with Gasteiger partial charge < -0.3 is 15.0 Å². The van der Waals surface area contributed by atoms with Gasteiger partial charge in [0.1, 0.15) is 6.61 Å². The average molecular weight is 447 g/mol. The largest absolute Gasteiger partial charge is 0.365 e. The highest BCUT2D eigenvalue weighted by Gasteiger charge is 2.27. The van der Waals surface area contributed by atoms with Gasteiger partial charge in [-0.05, 0) is 41.0 Å². The summed E-state index contributed by atoms with van der Waals surface area (Å²) in [5.41, 5.74) is 1.76. The first-order valence-electron chi connectivity index (χ1n) is 10.1. The maximum Gasteiger partial charge on any atom is 0.248 e. The lowest BCUT2D eigenvalue weighted by atomic mass is 9.99. The molecule has 7 heteroatoms. The fourth-order valence-corrected chi connectivity index (χ4v) is 3.86. The molecule has 0 aliphatic carbocycles. The molecule has 0 spiro atoms. The summed E-state index contributed by atoms with van der Waals surface area (Å²) in [5.74, 6) is -1.95. The summed E-state index contributed by atoms with van der Waals surface area (Å²) in [6.45, 7) is 3.29. The van der Waals surface area contributed by atoms with E-state index < -0.39 is 11.6 Å². The Bertz CT molecular complexity index is 1060. The molecule has 1 aliphatic rings. The molecule has 4 nitrogen and oxygen atoms in total. The van der Waals surface area contributed by atoms with Crippen LogP contribution in [0.1, 0.15) is 24.1 Å². The Kier molecular flexibility index (Phi) is 7.59. The quantitative estimate of drug-likeness (QED) is 0.600. The zero-order valence-electron chi connectivity index (χ0n) is 17.2. The minimum atomic E-state index is -0.907. The van der Waals surface area contributed by atoms with Crippen molar-refractivity contribution in [1.82, 2.24) is 10.2 Å². The van der Waals surface area contributed by atoms with Gasteiger partial charge in [-0.25, -0.2) is 8.78 Å². The van der Waals surface area contributed by atoms with Crippen molar-refractivity contribution in [2.75, 3.05) is 19.7 Å². The third-order valence-electron chi connectivity index (χ3n) is 5.52. The Morgan fingerprint density at radius 2 is 1.87 bits per heavy atom. The molecule has 164 valence electrons. The van der Waals surface area contributed by atoms with E-state index in [1.807, 2.05) is 12.1 Å². The van der Waals surface area contributed by atoms with Gasteiger partial charge in [0.2, 0.25) is 5.91 Å². The van der Waals surface area contributed by atoms with Crippen molar-refractivity contribution in [3.05, 3.63) is 83.4 Å². The number of nitrogens with zero attached hydrogens (tertiary/aromatic N) is 1. The highest BCUT2D eigenvalue weighted by atomic mass is 35.5. The summed E-state index contributed by atoms with van der Waals surface area (Å²) < 4.78 is 32.3. The molecule has 0 aromatic heterocycles. The summed E-state index contributed by atoms with van der Waals surface area (Å²) in [7, 11) is 0. The van der Waals surface area contributed by atoms with E-state index in [2.05, 4.69) is 42.6 Å². The van der Waals surface area contributed by atoms with Gasteiger partial charge in [0.05, 0.1) is 6.10 Å². The van der Waals surface area contributed by atoms with E-state index in [1.165, 1.54) is 22.4 Å². The molecule has 3 aromatic carbocycles. The van der Waals surface area contributed by atoms with Crippen molar-refractivity contribution < 1.29 is 18.3 Å². The average Bonchev–Trinajstić information content (AvgIpc) is 2.76. The number of ether oxygens (including phenoxy) is 1. The molecule has 1 aliphatic heterocycles. The first kappa shape index (κ1) is 23.1. The molecule has 1 unspecified atom stereocenters. The Balaban J connectivity index is 0.00000272. The van der Waals surface area contributed by atoms with Crippen LogP contribution >= 0.6 is 12.4 Å². The van der Waals surface area contributed by atoms with Gasteiger partial charge in [-0.15, -0.1) is 12.4 Å². The topological polar surface area (TPSA) is 41.6 Å². The van der Waals surface area contributed by atoms with Crippen LogP contribution in [-0.4, -0.2) is 36.6 Å². The van der Waals surface area contributed by atoms with E-state index in [9.17, 15) is 13.6 Å². The van der Waals surface area contributed by atoms with Crippen molar-refractivity contribution in [3.8, 4) is 0 Å². The molecule has 0 bridgehead atoms. The number of hydrogen-bond donors (Lipinski definition) is 1. The molecular formula is C24H25ClF2N2O2. The molecule has 0 radical (unpaired) electrons. The van der Waals surface area contributed by atoms with Crippen molar-refractivity contribution >= 4 is 29.1 Å². The van der Waals surface area contributed by atoms with Crippen molar-refractivity contribution in [3.63, 3.8) is 0 Å². The van der Waals surface area contributed by atoms with Gasteiger partial charge in [-0.3, -0.25) is 4.79 Å². The van der Waals surface area contributed by atoms with Crippen molar-refractivity contribution in [1.29, 1.82) is 0 Å². The van der Waals surface area contributed by atoms with Crippen LogP contribution in [0.2, 0.25) is 0 Å². The number of halogens is 3. The highest BCUT2D eigenvalue weighted by Crippen LogP contribution is 2.24. The number of morpholine rings is 1. The monoisotopic (exact) mass is 446 g/mol. The lowest BCUT2D eigenvalue weighted by molar-refractivity contribution is -0.149. The minimum absolute atomic E-state index is 0. The Morgan fingerprint density at radius 3 is 2.68 bits per heavy atom. The summed E-state index contributed by atoms with van der Waals surface area (Å²) in [4.78, 5) is 13.8. The number of benzene rings is 3. The zero-order valence-corrected chi connectivity index (χ0v) is 18.0. The van der Waals surface area contributed by atoms with E-state index in [0.717, 1.165) is 12.1 Å². The predicted molar refractivity (Wildman–Crippen MR) is 119 cm³/mol. The number of carbonyl (C=O) groups is 1. The van der Waals surface area contributed by atoms with Gasteiger partial charge >= 0.3 is 0 Å². The summed E-state index contributed by atoms with van der Waals surface area (Å²) in [6.07, 6.45) is -0.176. The molecule has 0 saturated carbocycles. The molecule has 2 atom stereocenters. The van der Waals surface area contributed by atoms with E-state index in [0.29, 0.717) is 18.7 Å². The van der Waals surface area contributed by atoms with Crippen LogP contribution in [0.25, 0.3) is 10.8 Å². The van der Waals surface area contributed by atoms with Crippen LogP contribution in [0.3, 0.4) is 0 Å². The minimum Gasteiger partial charge on any atom is -0.365 e. The molecule has 31 heavy (non-hydrogen) atoms. The molecule has 1 fully saturated rings. The standard InChI is InChI=1S/C24H24F2N2O2.ClH/c1-16(20-8-4-6-18-5-2-3-7-21(18)20)27-12-19-14-28(24(29)15-30-19)13-17-9-10-22(25)23(26)11-17;/h2-11,16,19,27H,12-15H2,1H3;1H/t16-,19?;/m1./s1. The lowest BCUT2D eigenvalue weighted by Gasteiger charge is -2.33. The second-order valence-corrected chi connectivity index (χ2v) is 7.65. The van der Waals surface area contributed by atoms with Gasteiger partial charge in [-0.1, -0.05) is 48.5 Å². The summed E-state index contributed by atoms with van der Waals surface area (Å²) >= 11 is 0. The molecule has 1 amide bonds. The Morgan fingerprint density at radius 1 is 1.10 bits per heavy atom. The van der Waals surface area contributed by atoms with Crippen molar-refractivity contribution in [2.24, 2.45) is 0 Å². The van der Waals surface area contributed by atoms with E-state index in [-0.39, 0.29) is 43.6 Å². The van der Waals surface area contributed by atoms with Gasteiger partial charge in [0, 0.05) is 25.7 Å². The lowest BCUT2D eigenvalue weighted by Crippen LogP contribution is -2.49. The van der Waals surface area contributed by atoms with Gasteiger partial charge in [0.15, 0.2) is 11.6 Å². The smallest absolute Gasteiger partial charge is 0.248 e. The third kappa shape index (κ3) is 5.39. The number of nitrogens with one attached hydrogen (secondary N) is 1.